The van der Waals surface area contributed by atoms with Crippen LogP contribution in [0.2, 0.25) is 0 Å². The van der Waals surface area contributed by atoms with Crippen molar-refractivity contribution >= 4 is 27.4 Å². The predicted octanol–water partition coefficient (Wildman–Crippen LogP) is 3.99. The van der Waals surface area contributed by atoms with Crippen molar-refractivity contribution in [3.8, 4) is 0 Å². The van der Waals surface area contributed by atoms with E-state index < -0.39 is 0 Å². The van der Waals surface area contributed by atoms with Crippen molar-refractivity contribution in [2.24, 2.45) is 5.41 Å². The SMILES string of the molecule is CCCNc1nc(CN(C)CC(C)(C)C)nc2sccc12. The first-order chi connectivity index (χ1) is 9.89. The second-order valence-corrected chi connectivity index (χ2v) is 7.68. The molecule has 0 saturated heterocycles. The third-order valence-corrected chi connectivity index (χ3v) is 3.88. The fourth-order valence-electron chi connectivity index (χ4n) is 2.46. The van der Waals surface area contributed by atoms with Gasteiger partial charge in [-0.25, -0.2) is 9.97 Å². The summed E-state index contributed by atoms with van der Waals surface area (Å²) < 4.78 is 0. The summed E-state index contributed by atoms with van der Waals surface area (Å²) in [6, 6.07) is 2.10. The Kier molecular flexibility index (Phi) is 5.17. The molecule has 0 aliphatic heterocycles. The molecular formula is C16H26N4S. The standard InChI is InChI=1S/C16H26N4S/c1-6-8-17-14-12-7-9-21-15(12)19-13(18-14)10-20(5)11-16(2,3)4/h7,9H,6,8,10-11H2,1-5H3,(H,17,18,19). The molecule has 0 spiro atoms. The van der Waals surface area contributed by atoms with Gasteiger partial charge in [0.1, 0.15) is 16.5 Å². The fourth-order valence-corrected chi connectivity index (χ4v) is 3.24. The van der Waals surface area contributed by atoms with Gasteiger partial charge in [0.05, 0.1) is 11.9 Å². The summed E-state index contributed by atoms with van der Waals surface area (Å²) in [6.07, 6.45) is 1.09. The molecule has 0 radical (unpaired) electrons. The average molecular weight is 306 g/mol. The van der Waals surface area contributed by atoms with Crippen molar-refractivity contribution in [1.29, 1.82) is 0 Å². The van der Waals surface area contributed by atoms with Gasteiger partial charge in [0, 0.05) is 13.1 Å². The van der Waals surface area contributed by atoms with Gasteiger partial charge in [-0.1, -0.05) is 27.7 Å². The van der Waals surface area contributed by atoms with Crippen LogP contribution in [0.25, 0.3) is 10.2 Å². The molecule has 0 aromatic carbocycles. The van der Waals surface area contributed by atoms with Gasteiger partial charge in [0.25, 0.3) is 0 Å². The second kappa shape index (κ2) is 6.71. The summed E-state index contributed by atoms with van der Waals surface area (Å²) in [6.45, 7) is 11.7. The number of aromatic nitrogens is 2. The molecule has 116 valence electrons. The Bertz CT molecular complexity index is 585. The van der Waals surface area contributed by atoms with Crippen molar-refractivity contribution in [3.63, 3.8) is 0 Å². The quantitative estimate of drug-likeness (QED) is 0.876. The highest BCUT2D eigenvalue weighted by Gasteiger charge is 2.15. The van der Waals surface area contributed by atoms with Gasteiger partial charge in [-0.05, 0) is 30.3 Å². The van der Waals surface area contributed by atoms with Crippen LogP contribution in [0.15, 0.2) is 11.4 Å². The number of hydrogen-bond donors (Lipinski definition) is 1. The molecule has 0 unspecified atom stereocenters. The topological polar surface area (TPSA) is 41.1 Å². The van der Waals surface area contributed by atoms with Crippen LogP contribution in [-0.2, 0) is 6.54 Å². The van der Waals surface area contributed by atoms with E-state index in [9.17, 15) is 0 Å². The number of anilines is 1. The molecule has 4 nitrogen and oxygen atoms in total. The van der Waals surface area contributed by atoms with Gasteiger partial charge in [0.2, 0.25) is 0 Å². The number of thiophene rings is 1. The maximum Gasteiger partial charge on any atom is 0.146 e. The number of nitrogens with zero attached hydrogens (tertiary/aromatic N) is 3. The van der Waals surface area contributed by atoms with E-state index in [0.29, 0.717) is 0 Å². The Morgan fingerprint density at radius 1 is 1.29 bits per heavy atom. The largest absolute Gasteiger partial charge is 0.369 e. The Morgan fingerprint density at radius 3 is 2.71 bits per heavy atom. The van der Waals surface area contributed by atoms with Gasteiger partial charge in [-0.3, -0.25) is 4.90 Å². The van der Waals surface area contributed by atoms with Crippen molar-refractivity contribution < 1.29 is 0 Å². The number of nitrogens with one attached hydrogen (secondary N) is 1. The van der Waals surface area contributed by atoms with Crippen LogP contribution in [0.3, 0.4) is 0 Å². The van der Waals surface area contributed by atoms with E-state index in [1.165, 1.54) is 0 Å². The van der Waals surface area contributed by atoms with Gasteiger partial charge >= 0.3 is 0 Å². The summed E-state index contributed by atoms with van der Waals surface area (Å²) >= 11 is 1.68. The highest BCUT2D eigenvalue weighted by Crippen LogP contribution is 2.25. The molecule has 0 saturated carbocycles. The van der Waals surface area contributed by atoms with Gasteiger partial charge < -0.3 is 5.32 Å². The zero-order valence-electron chi connectivity index (χ0n) is 13.7. The molecule has 5 heteroatoms. The molecule has 0 fully saturated rings. The first-order valence-electron chi connectivity index (χ1n) is 7.55. The Morgan fingerprint density at radius 2 is 2.05 bits per heavy atom. The molecule has 2 aromatic heterocycles. The van der Waals surface area contributed by atoms with Crippen LogP contribution >= 0.6 is 11.3 Å². The van der Waals surface area contributed by atoms with Crippen LogP contribution in [0.5, 0.6) is 0 Å². The highest BCUT2D eigenvalue weighted by atomic mass is 32.1. The van der Waals surface area contributed by atoms with Crippen molar-refractivity contribution in [1.82, 2.24) is 14.9 Å². The number of hydrogen-bond acceptors (Lipinski definition) is 5. The summed E-state index contributed by atoms with van der Waals surface area (Å²) in [4.78, 5) is 12.8. The predicted molar refractivity (Wildman–Crippen MR) is 92.0 cm³/mol. The van der Waals surface area contributed by atoms with Crippen LogP contribution in [-0.4, -0.2) is 35.0 Å². The van der Waals surface area contributed by atoms with Crippen LogP contribution < -0.4 is 5.32 Å². The molecule has 0 amide bonds. The third kappa shape index (κ3) is 4.64. The minimum Gasteiger partial charge on any atom is -0.369 e. The Labute approximate surface area is 131 Å². The number of fused-ring (bicyclic) bond motifs is 1. The monoisotopic (exact) mass is 306 g/mol. The first kappa shape index (κ1) is 16.2. The van der Waals surface area contributed by atoms with Gasteiger partial charge in [0.15, 0.2) is 0 Å². The zero-order chi connectivity index (χ0) is 15.5. The minimum atomic E-state index is 0.283. The van der Waals surface area contributed by atoms with Gasteiger partial charge in [-0.15, -0.1) is 11.3 Å². The lowest BCUT2D eigenvalue weighted by atomic mass is 9.96. The van der Waals surface area contributed by atoms with Crippen LogP contribution in [0.1, 0.15) is 39.9 Å². The maximum absolute atomic E-state index is 4.72. The maximum atomic E-state index is 4.72. The van der Waals surface area contributed by atoms with Crippen molar-refractivity contribution in [3.05, 3.63) is 17.3 Å². The number of rotatable bonds is 6. The summed E-state index contributed by atoms with van der Waals surface area (Å²) in [5, 5.41) is 6.64. The third-order valence-electron chi connectivity index (χ3n) is 3.07. The molecule has 2 rings (SSSR count). The van der Waals surface area contributed by atoms with E-state index in [-0.39, 0.29) is 5.41 Å². The lowest BCUT2D eigenvalue weighted by Crippen LogP contribution is -2.29. The summed E-state index contributed by atoms with van der Waals surface area (Å²) in [7, 11) is 2.13. The van der Waals surface area contributed by atoms with E-state index >= 15 is 0 Å². The zero-order valence-corrected chi connectivity index (χ0v) is 14.5. The molecular weight excluding hydrogens is 280 g/mol. The van der Waals surface area contributed by atoms with E-state index in [1.54, 1.807) is 11.3 Å². The molecule has 0 atom stereocenters. The normalized spacial score (nSPS) is 12.3. The molecule has 1 N–H and O–H groups in total. The first-order valence-corrected chi connectivity index (χ1v) is 8.43. The van der Waals surface area contributed by atoms with Crippen molar-refractivity contribution in [2.45, 2.75) is 40.7 Å². The van der Waals surface area contributed by atoms with E-state index in [1.807, 2.05) is 0 Å². The van der Waals surface area contributed by atoms with Crippen LogP contribution in [0.4, 0.5) is 5.82 Å². The highest BCUT2D eigenvalue weighted by molar-refractivity contribution is 7.16. The lowest BCUT2D eigenvalue weighted by Gasteiger charge is -2.26. The summed E-state index contributed by atoms with van der Waals surface area (Å²) in [5.41, 5.74) is 0.283. The fraction of sp³-hybridized carbons (Fsp3) is 0.625. The molecule has 2 aromatic rings. The molecule has 21 heavy (non-hydrogen) atoms. The van der Waals surface area contributed by atoms with E-state index in [2.05, 4.69) is 56.4 Å². The van der Waals surface area contributed by atoms with Crippen LogP contribution in [0, 0.1) is 5.41 Å². The molecule has 2 heterocycles. The smallest absolute Gasteiger partial charge is 0.146 e. The molecule has 0 bridgehead atoms. The summed E-state index contributed by atoms with van der Waals surface area (Å²) in [5.74, 6) is 1.87. The second-order valence-electron chi connectivity index (χ2n) is 6.79. The Hall–Kier alpha value is -1.20. The Balaban J connectivity index is 2.19. The molecule has 0 aliphatic carbocycles. The van der Waals surface area contributed by atoms with Crippen molar-refractivity contribution in [2.75, 3.05) is 25.5 Å². The average Bonchev–Trinajstić information content (AvgIpc) is 2.81. The molecule has 0 aliphatic rings. The van der Waals surface area contributed by atoms with E-state index in [4.69, 9.17) is 9.97 Å². The minimum absolute atomic E-state index is 0.283. The lowest BCUT2D eigenvalue weighted by molar-refractivity contribution is 0.217. The van der Waals surface area contributed by atoms with E-state index in [0.717, 1.165) is 47.9 Å². The van der Waals surface area contributed by atoms with Gasteiger partial charge in [-0.2, -0.15) is 0 Å².